The molecule has 0 unspecified atom stereocenters. The number of anilines is 4. The third kappa shape index (κ3) is 6.63. The second-order valence-electron chi connectivity index (χ2n) is 10.1. The van der Waals surface area contributed by atoms with Gasteiger partial charge >= 0.3 is 6.03 Å². The molecule has 11 nitrogen and oxygen atoms in total. The Morgan fingerprint density at radius 3 is 2.47 bits per heavy atom. The number of fused-ring (bicyclic) bond motifs is 1. The van der Waals surface area contributed by atoms with Gasteiger partial charge in [-0.1, -0.05) is 25.7 Å². The van der Waals surface area contributed by atoms with Crippen molar-refractivity contribution >= 4 is 40.3 Å². The molecule has 1 saturated carbocycles. The maximum atomic E-state index is 10.8. The number of primary amides is 1. The lowest BCUT2D eigenvalue weighted by molar-refractivity contribution is 0.122. The number of morpholine rings is 1. The van der Waals surface area contributed by atoms with Crippen LogP contribution < -0.4 is 26.6 Å². The van der Waals surface area contributed by atoms with Crippen LogP contribution in [0, 0.1) is 0 Å². The molecule has 2 amide bonds. The molecule has 11 heteroatoms. The minimum absolute atomic E-state index is 0.442. The van der Waals surface area contributed by atoms with Crippen molar-refractivity contribution in [2.75, 3.05) is 54.9 Å². The Hall–Kier alpha value is -3.60. The molecule has 2 aliphatic rings. The third-order valence-corrected chi connectivity index (χ3v) is 7.33. The molecule has 38 heavy (non-hydrogen) atoms. The number of hydrogen-bond donors (Lipinski definition) is 4. The SMILES string of the molecule is NC(=O)NCCCCCCNc1nc(Nc2ccc(N3CCOCC3)cc2)c2ncn(C3CCCC3)c2n1. The van der Waals surface area contributed by atoms with Gasteiger partial charge < -0.3 is 35.9 Å². The van der Waals surface area contributed by atoms with Crippen molar-refractivity contribution < 1.29 is 9.53 Å². The zero-order valence-electron chi connectivity index (χ0n) is 22.0. The maximum Gasteiger partial charge on any atom is 0.312 e. The Morgan fingerprint density at radius 1 is 1.00 bits per heavy atom. The largest absolute Gasteiger partial charge is 0.378 e. The fraction of sp³-hybridized carbons (Fsp3) is 0.556. The van der Waals surface area contributed by atoms with Crippen LogP contribution in [-0.4, -0.2) is 64.9 Å². The molecule has 0 radical (unpaired) electrons. The van der Waals surface area contributed by atoms with Crippen LogP contribution in [0.15, 0.2) is 30.6 Å². The van der Waals surface area contributed by atoms with Crippen LogP contribution in [0.25, 0.3) is 11.2 Å². The van der Waals surface area contributed by atoms with Crippen LogP contribution in [0.2, 0.25) is 0 Å². The van der Waals surface area contributed by atoms with Gasteiger partial charge in [-0.05, 0) is 49.9 Å². The number of carbonyl (C=O) groups excluding carboxylic acids is 1. The van der Waals surface area contributed by atoms with Crippen LogP contribution in [-0.2, 0) is 4.74 Å². The lowest BCUT2D eigenvalue weighted by Gasteiger charge is -2.28. The number of nitrogens with zero attached hydrogens (tertiary/aromatic N) is 5. The van der Waals surface area contributed by atoms with E-state index in [-0.39, 0.29) is 0 Å². The van der Waals surface area contributed by atoms with E-state index in [0.29, 0.717) is 24.4 Å². The van der Waals surface area contributed by atoms with Crippen LogP contribution in [0.1, 0.15) is 57.4 Å². The van der Waals surface area contributed by atoms with E-state index in [0.717, 1.165) is 88.2 Å². The molecule has 5 N–H and O–H groups in total. The second kappa shape index (κ2) is 12.8. The Morgan fingerprint density at radius 2 is 1.74 bits per heavy atom. The fourth-order valence-corrected chi connectivity index (χ4v) is 5.26. The number of urea groups is 1. The van der Waals surface area contributed by atoms with Crippen molar-refractivity contribution in [1.82, 2.24) is 24.8 Å². The summed E-state index contributed by atoms with van der Waals surface area (Å²) >= 11 is 0. The standard InChI is InChI=1S/C27H39N9O2/c28-26(37)29-13-5-1-2-6-14-30-27-33-24(23-25(34-27)36(19-31-23)22-7-3-4-8-22)32-20-9-11-21(12-10-20)35-15-17-38-18-16-35/h9-12,19,22H,1-8,13-18H2,(H3,28,29,37)(H2,30,32,33,34). The first-order valence-corrected chi connectivity index (χ1v) is 13.9. The average Bonchev–Trinajstić information content (AvgIpc) is 3.61. The van der Waals surface area contributed by atoms with E-state index in [1.54, 1.807) is 0 Å². The van der Waals surface area contributed by atoms with Crippen molar-refractivity contribution in [2.45, 2.75) is 57.4 Å². The van der Waals surface area contributed by atoms with Gasteiger partial charge in [-0.2, -0.15) is 9.97 Å². The van der Waals surface area contributed by atoms with Gasteiger partial charge in [0.2, 0.25) is 5.95 Å². The average molecular weight is 522 g/mol. The summed E-state index contributed by atoms with van der Waals surface area (Å²) in [6.45, 7) is 4.76. The first-order chi connectivity index (χ1) is 18.7. The minimum Gasteiger partial charge on any atom is -0.378 e. The van der Waals surface area contributed by atoms with Crippen molar-refractivity contribution in [1.29, 1.82) is 0 Å². The van der Waals surface area contributed by atoms with Gasteiger partial charge in [-0.3, -0.25) is 0 Å². The van der Waals surface area contributed by atoms with Crippen LogP contribution >= 0.6 is 0 Å². The number of imidazole rings is 1. The van der Waals surface area contributed by atoms with Crippen molar-refractivity contribution in [2.24, 2.45) is 5.73 Å². The van der Waals surface area contributed by atoms with E-state index < -0.39 is 6.03 Å². The lowest BCUT2D eigenvalue weighted by atomic mass is 10.2. The number of hydrogen-bond acceptors (Lipinski definition) is 8. The zero-order chi connectivity index (χ0) is 26.2. The number of unbranched alkanes of at least 4 members (excludes halogenated alkanes) is 3. The number of nitrogens with two attached hydrogens (primary N) is 1. The minimum atomic E-state index is -0.464. The molecule has 1 aromatic carbocycles. The molecule has 2 fully saturated rings. The summed E-state index contributed by atoms with van der Waals surface area (Å²) in [7, 11) is 0. The number of rotatable bonds is 12. The van der Waals surface area contributed by atoms with Crippen molar-refractivity contribution in [3.63, 3.8) is 0 Å². The molecule has 1 saturated heterocycles. The van der Waals surface area contributed by atoms with Gasteiger partial charge in [0.05, 0.1) is 19.5 Å². The second-order valence-corrected chi connectivity index (χ2v) is 10.1. The fourth-order valence-electron chi connectivity index (χ4n) is 5.26. The summed E-state index contributed by atoms with van der Waals surface area (Å²) in [4.78, 5) is 27.5. The zero-order valence-corrected chi connectivity index (χ0v) is 22.0. The monoisotopic (exact) mass is 521 g/mol. The van der Waals surface area contributed by atoms with E-state index in [4.69, 9.17) is 25.4 Å². The molecule has 0 bridgehead atoms. The number of benzene rings is 1. The number of amides is 2. The molecule has 3 aromatic rings. The normalized spacial score (nSPS) is 16.2. The van der Waals surface area contributed by atoms with E-state index in [1.165, 1.54) is 18.5 Å². The van der Waals surface area contributed by atoms with Gasteiger partial charge in [0, 0.05) is 43.6 Å². The number of ether oxygens (including phenoxy) is 1. The van der Waals surface area contributed by atoms with Gasteiger partial charge in [-0.15, -0.1) is 0 Å². The van der Waals surface area contributed by atoms with E-state index in [1.807, 2.05) is 6.33 Å². The van der Waals surface area contributed by atoms with Gasteiger partial charge in [0.25, 0.3) is 0 Å². The quantitative estimate of drug-likeness (QED) is 0.261. The Kier molecular flexibility index (Phi) is 8.75. The van der Waals surface area contributed by atoms with E-state index in [9.17, 15) is 4.79 Å². The first-order valence-electron chi connectivity index (χ1n) is 13.9. The first kappa shape index (κ1) is 26.0. The van der Waals surface area contributed by atoms with E-state index in [2.05, 4.69) is 49.7 Å². The molecule has 1 aliphatic heterocycles. The molecule has 5 rings (SSSR count). The van der Waals surface area contributed by atoms with Gasteiger partial charge in [-0.25, -0.2) is 9.78 Å². The van der Waals surface area contributed by atoms with Crippen LogP contribution in [0.4, 0.5) is 27.9 Å². The summed E-state index contributed by atoms with van der Waals surface area (Å²) in [5, 5.41) is 9.55. The smallest absolute Gasteiger partial charge is 0.312 e. The molecule has 1 aliphatic carbocycles. The van der Waals surface area contributed by atoms with E-state index >= 15 is 0 Å². The third-order valence-electron chi connectivity index (χ3n) is 7.33. The predicted octanol–water partition coefficient (Wildman–Crippen LogP) is 4.16. The summed E-state index contributed by atoms with van der Waals surface area (Å²) in [6, 6.07) is 8.44. The topological polar surface area (TPSA) is 135 Å². The Bertz CT molecular complexity index is 1190. The summed E-state index contributed by atoms with van der Waals surface area (Å²) in [5.41, 5.74) is 8.94. The highest BCUT2D eigenvalue weighted by molar-refractivity contribution is 5.86. The van der Waals surface area contributed by atoms with Gasteiger partial charge in [0.1, 0.15) is 0 Å². The highest BCUT2D eigenvalue weighted by Gasteiger charge is 2.22. The highest BCUT2D eigenvalue weighted by atomic mass is 16.5. The Labute approximate surface area is 223 Å². The molecule has 0 spiro atoms. The summed E-state index contributed by atoms with van der Waals surface area (Å²) in [5.74, 6) is 1.32. The molecular weight excluding hydrogens is 482 g/mol. The number of nitrogens with one attached hydrogen (secondary N) is 3. The lowest BCUT2D eigenvalue weighted by Crippen LogP contribution is -2.36. The molecule has 3 heterocycles. The molecule has 204 valence electrons. The molecular formula is C27H39N9O2. The molecule has 2 aromatic heterocycles. The maximum absolute atomic E-state index is 10.8. The number of aromatic nitrogens is 4. The van der Waals surface area contributed by atoms with Crippen molar-refractivity contribution in [3.05, 3.63) is 30.6 Å². The predicted molar refractivity (Wildman–Crippen MR) is 150 cm³/mol. The summed E-state index contributed by atoms with van der Waals surface area (Å²) < 4.78 is 7.71. The molecule has 0 atom stereocenters. The van der Waals surface area contributed by atoms with Crippen LogP contribution in [0.5, 0.6) is 0 Å². The Balaban J connectivity index is 1.27. The number of carbonyl (C=O) groups is 1. The van der Waals surface area contributed by atoms with Crippen LogP contribution in [0.3, 0.4) is 0 Å². The highest BCUT2D eigenvalue weighted by Crippen LogP contribution is 2.33. The van der Waals surface area contributed by atoms with Gasteiger partial charge in [0.15, 0.2) is 17.0 Å². The van der Waals surface area contributed by atoms with Crippen molar-refractivity contribution in [3.8, 4) is 0 Å². The summed E-state index contributed by atoms with van der Waals surface area (Å²) in [6.07, 6.45) is 10.7.